The summed E-state index contributed by atoms with van der Waals surface area (Å²) in [7, 11) is -6.35. The quantitative estimate of drug-likeness (QED) is 0.697. The van der Waals surface area contributed by atoms with E-state index in [9.17, 15) is 19.3 Å². The molecular formula is C14H24O6P2. The molecule has 2 N–H and O–H groups in total. The van der Waals surface area contributed by atoms with Gasteiger partial charge in [-0.2, -0.15) is 0 Å². The summed E-state index contributed by atoms with van der Waals surface area (Å²) < 4.78 is 34.6. The van der Waals surface area contributed by atoms with Gasteiger partial charge in [0.05, 0.1) is 13.2 Å². The summed E-state index contributed by atoms with van der Waals surface area (Å²) in [6.07, 6.45) is 0. The minimum atomic E-state index is -3.67. The van der Waals surface area contributed by atoms with Gasteiger partial charge in [0.15, 0.2) is 5.85 Å². The van der Waals surface area contributed by atoms with Gasteiger partial charge in [-0.3, -0.25) is 4.57 Å². The van der Waals surface area contributed by atoms with E-state index in [1.165, 1.54) is 25.5 Å². The number of rotatable bonds is 8. The van der Waals surface area contributed by atoms with Crippen LogP contribution in [-0.2, 0) is 18.2 Å². The highest BCUT2D eigenvalue weighted by atomic mass is 31.2. The molecule has 0 aliphatic carbocycles. The van der Waals surface area contributed by atoms with Crippen LogP contribution >= 0.6 is 14.7 Å². The fourth-order valence-corrected chi connectivity index (χ4v) is 4.42. The van der Waals surface area contributed by atoms with Crippen molar-refractivity contribution in [2.45, 2.75) is 25.5 Å². The average Bonchev–Trinajstić information content (AvgIpc) is 2.45. The second-order valence-corrected chi connectivity index (χ2v) is 10.7. The molecule has 2 atom stereocenters. The van der Waals surface area contributed by atoms with Crippen molar-refractivity contribution in [3.8, 4) is 0 Å². The van der Waals surface area contributed by atoms with Crippen LogP contribution in [0.3, 0.4) is 0 Å². The fraction of sp³-hybridized carbons (Fsp3) is 0.571. The lowest BCUT2D eigenvalue weighted by molar-refractivity contribution is 0.150. The summed E-state index contributed by atoms with van der Waals surface area (Å²) in [4.78, 5) is 0. The maximum atomic E-state index is 12.5. The van der Waals surface area contributed by atoms with E-state index in [0.29, 0.717) is 11.1 Å². The van der Waals surface area contributed by atoms with Crippen molar-refractivity contribution >= 4 is 14.7 Å². The predicted molar refractivity (Wildman–Crippen MR) is 86.7 cm³/mol. The van der Waals surface area contributed by atoms with Gasteiger partial charge in [-0.1, -0.05) is 24.3 Å². The molecule has 2 unspecified atom stereocenters. The molecule has 0 saturated heterocycles. The fourth-order valence-electron chi connectivity index (χ4n) is 1.92. The Kier molecular flexibility index (Phi) is 7.00. The molecule has 1 rings (SSSR count). The SMILES string of the molecule is CCOP(=O)(OCC)C(O)c1ccc(C(O)P(C)(C)=O)cc1. The molecule has 0 heterocycles. The first kappa shape index (κ1) is 19.6. The highest BCUT2D eigenvalue weighted by Crippen LogP contribution is 2.59. The summed E-state index contributed by atoms with van der Waals surface area (Å²) in [6.45, 7) is 6.63. The summed E-state index contributed by atoms with van der Waals surface area (Å²) in [6, 6.07) is 6.13. The number of aliphatic hydroxyl groups excluding tert-OH is 2. The molecule has 0 bridgehead atoms. The largest absolute Gasteiger partial charge is 0.381 e. The molecule has 6 nitrogen and oxygen atoms in total. The van der Waals surface area contributed by atoms with Gasteiger partial charge < -0.3 is 23.8 Å². The molecule has 0 fully saturated rings. The number of hydrogen-bond acceptors (Lipinski definition) is 6. The first-order chi connectivity index (χ1) is 10.2. The van der Waals surface area contributed by atoms with Gasteiger partial charge in [-0.05, 0) is 38.3 Å². The maximum Gasteiger partial charge on any atom is 0.363 e. The van der Waals surface area contributed by atoms with Gasteiger partial charge in [0, 0.05) is 0 Å². The van der Waals surface area contributed by atoms with Crippen molar-refractivity contribution in [3.05, 3.63) is 35.4 Å². The summed E-state index contributed by atoms with van der Waals surface area (Å²) in [5, 5.41) is 20.2. The molecule has 0 spiro atoms. The van der Waals surface area contributed by atoms with E-state index in [4.69, 9.17) is 9.05 Å². The Morgan fingerprint density at radius 2 is 1.27 bits per heavy atom. The molecule has 1 aromatic rings. The lowest BCUT2D eigenvalue weighted by Crippen LogP contribution is -2.06. The monoisotopic (exact) mass is 350 g/mol. The van der Waals surface area contributed by atoms with Crippen LogP contribution in [0.25, 0.3) is 0 Å². The molecule has 126 valence electrons. The Morgan fingerprint density at radius 1 is 0.909 bits per heavy atom. The minimum Gasteiger partial charge on any atom is -0.381 e. The number of benzene rings is 1. The van der Waals surface area contributed by atoms with Crippen LogP contribution in [0.15, 0.2) is 24.3 Å². The molecule has 22 heavy (non-hydrogen) atoms. The van der Waals surface area contributed by atoms with Gasteiger partial charge in [-0.15, -0.1) is 0 Å². The van der Waals surface area contributed by atoms with Crippen LogP contribution in [0.1, 0.15) is 36.7 Å². The standard InChI is InChI=1S/C14H24O6P2/c1-5-19-22(18,20-6-2)14(16)12-9-7-11(8-10-12)13(15)21(3,4)17/h7-10,13-16H,5-6H2,1-4H3. The van der Waals surface area contributed by atoms with Gasteiger partial charge in [0.25, 0.3) is 0 Å². The van der Waals surface area contributed by atoms with Crippen molar-refractivity contribution in [3.63, 3.8) is 0 Å². The van der Waals surface area contributed by atoms with E-state index in [-0.39, 0.29) is 13.2 Å². The third kappa shape index (κ3) is 4.76. The first-order valence-electron chi connectivity index (χ1n) is 7.05. The Bertz CT molecular complexity index is 555. The molecule has 0 amide bonds. The zero-order chi connectivity index (χ0) is 17.0. The predicted octanol–water partition coefficient (Wildman–Crippen LogP) is 3.56. The third-order valence-electron chi connectivity index (χ3n) is 3.04. The molecule has 0 saturated carbocycles. The van der Waals surface area contributed by atoms with Crippen molar-refractivity contribution in [2.24, 2.45) is 0 Å². The van der Waals surface area contributed by atoms with Crippen LogP contribution in [0.5, 0.6) is 0 Å². The topological polar surface area (TPSA) is 93.1 Å². The van der Waals surface area contributed by atoms with Crippen LogP contribution in [0.2, 0.25) is 0 Å². The third-order valence-corrected chi connectivity index (χ3v) is 6.65. The second-order valence-electron chi connectivity index (χ2n) is 5.22. The van der Waals surface area contributed by atoms with E-state index in [1.54, 1.807) is 26.0 Å². The number of aliphatic hydroxyl groups is 2. The van der Waals surface area contributed by atoms with Gasteiger partial charge >= 0.3 is 7.60 Å². The highest BCUT2D eigenvalue weighted by molar-refractivity contribution is 7.62. The van der Waals surface area contributed by atoms with Crippen molar-refractivity contribution in [1.29, 1.82) is 0 Å². The Morgan fingerprint density at radius 3 is 1.59 bits per heavy atom. The zero-order valence-corrected chi connectivity index (χ0v) is 15.1. The van der Waals surface area contributed by atoms with Gasteiger partial charge in [0.2, 0.25) is 0 Å². The van der Waals surface area contributed by atoms with E-state index in [1.807, 2.05) is 0 Å². The van der Waals surface area contributed by atoms with Crippen LogP contribution in [-0.4, -0.2) is 36.8 Å². The maximum absolute atomic E-state index is 12.5. The molecule has 1 aromatic carbocycles. The smallest absolute Gasteiger partial charge is 0.363 e. The minimum absolute atomic E-state index is 0.153. The second kappa shape index (κ2) is 7.87. The molecule has 0 aliphatic rings. The summed E-state index contributed by atoms with van der Waals surface area (Å²) in [5.41, 5.74) is 0.829. The van der Waals surface area contributed by atoms with Crippen LogP contribution < -0.4 is 0 Å². The Balaban J connectivity index is 3.03. The van der Waals surface area contributed by atoms with Gasteiger partial charge in [-0.25, -0.2) is 0 Å². The lowest BCUT2D eigenvalue weighted by atomic mass is 10.1. The highest BCUT2D eigenvalue weighted by Gasteiger charge is 2.35. The Labute approximate surface area is 131 Å². The Hall–Kier alpha value is -0.480. The molecular weight excluding hydrogens is 326 g/mol. The zero-order valence-electron chi connectivity index (χ0n) is 13.3. The van der Waals surface area contributed by atoms with E-state index < -0.39 is 26.4 Å². The normalized spacial score (nSPS) is 15.5. The van der Waals surface area contributed by atoms with Crippen LogP contribution in [0, 0.1) is 0 Å². The van der Waals surface area contributed by atoms with E-state index >= 15 is 0 Å². The molecule has 0 radical (unpaired) electrons. The molecule has 8 heteroatoms. The molecule has 0 aromatic heterocycles. The summed E-state index contributed by atoms with van der Waals surface area (Å²) >= 11 is 0. The summed E-state index contributed by atoms with van der Waals surface area (Å²) in [5.74, 6) is -2.47. The lowest BCUT2D eigenvalue weighted by Gasteiger charge is -2.23. The first-order valence-corrected chi connectivity index (χ1v) is 11.3. The van der Waals surface area contributed by atoms with E-state index in [2.05, 4.69) is 0 Å². The van der Waals surface area contributed by atoms with Crippen LogP contribution in [0.4, 0.5) is 0 Å². The van der Waals surface area contributed by atoms with Crippen molar-refractivity contribution in [1.82, 2.24) is 0 Å². The van der Waals surface area contributed by atoms with Gasteiger partial charge in [0.1, 0.15) is 13.0 Å². The van der Waals surface area contributed by atoms with Crippen molar-refractivity contribution in [2.75, 3.05) is 26.5 Å². The average molecular weight is 350 g/mol. The molecule has 0 aliphatic heterocycles. The van der Waals surface area contributed by atoms with Crippen molar-refractivity contribution < 1.29 is 28.4 Å². The number of hydrogen-bond donors (Lipinski definition) is 2. The van der Waals surface area contributed by atoms with E-state index in [0.717, 1.165) is 0 Å².